The molecule has 0 unspecified atom stereocenters. The molecule has 0 aliphatic carbocycles. The predicted molar refractivity (Wildman–Crippen MR) is 238 cm³/mol. The van der Waals surface area contributed by atoms with E-state index in [4.69, 9.17) is 19.9 Å². The Labute approximate surface area is 343 Å². The summed E-state index contributed by atoms with van der Waals surface area (Å²) >= 11 is 1.83. The lowest BCUT2D eigenvalue weighted by atomic mass is 9.77. The maximum absolute atomic E-state index is 5.35. The van der Waals surface area contributed by atoms with Gasteiger partial charge in [0.05, 0.1) is 22.8 Å². The van der Waals surface area contributed by atoms with E-state index in [1.54, 1.807) is 0 Å². The number of hydrogen-bond acceptors (Lipinski definition) is 5. The summed E-state index contributed by atoms with van der Waals surface area (Å²) in [4.78, 5) is 23.3. The Hall–Kier alpha value is -6.95. The normalized spacial score (nSPS) is 12.7. The molecule has 0 fully saturated rings. The molecule has 4 nitrogen and oxygen atoms in total. The molecule has 0 bridgehead atoms. The van der Waals surface area contributed by atoms with E-state index >= 15 is 0 Å². The molecular weight excluding hydrogens is 725 g/mol. The molecular formula is C53H38N4S. The van der Waals surface area contributed by atoms with Crippen LogP contribution in [0.3, 0.4) is 0 Å². The van der Waals surface area contributed by atoms with Gasteiger partial charge in [-0.2, -0.15) is 0 Å². The van der Waals surface area contributed by atoms with Crippen molar-refractivity contribution in [3.05, 3.63) is 205 Å². The Balaban J connectivity index is 1.10. The first-order valence-corrected chi connectivity index (χ1v) is 20.4. The minimum Gasteiger partial charge on any atom is -0.228 e. The highest BCUT2D eigenvalue weighted by Crippen LogP contribution is 2.52. The zero-order valence-electron chi connectivity index (χ0n) is 32.2. The van der Waals surface area contributed by atoms with Gasteiger partial charge in [-0.05, 0) is 46.5 Å². The minimum atomic E-state index is -0.154. The molecule has 0 radical (unpaired) electrons. The smallest absolute Gasteiger partial charge is 0.160 e. The third-order valence-corrected chi connectivity index (χ3v) is 12.2. The molecule has 10 rings (SSSR count). The Morgan fingerprint density at radius 3 is 1.50 bits per heavy atom. The topological polar surface area (TPSA) is 51.6 Å². The van der Waals surface area contributed by atoms with Gasteiger partial charge >= 0.3 is 0 Å². The molecule has 2 aromatic heterocycles. The maximum Gasteiger partial charge on any atom is 0.160 e. The van der Waals surface area contributed by atoms with Gasteiger partial charge < -0.3 is 0 Å². The van der Waals surface area contributed by atoms with Gasteiger partial charge in [0.15, 0.2) is 11.6 Å². The van der Waals surface area contributed by atoms with Gasteiger partial charge in [-0.1, -0.05) is 195 Å². The summed E-state index contributed by atoms with van der Waals surface area (Å²) in [6.45, 7) is 4.64. The molecule has 7 aromatic carbocycles. The van der Waals surface area contributed by atoms with E-state index in [0.29, 0.717) is 11.6 Å². The van der Waals surface area contributed by atoms with Crippen molar-refractivity contribution in [1.29, 1.82) is 0 Å². The minimum absolute atomic E-state index is 0.154. The first kappa shape index (κ1) is 35.5. The summed E-state index contributed by atoms with van der Waals surface area (Å²) in [6, 6.07) is 67.6. The SMILES string of the molecule is CC1(C)c2ccccc2Sc2c(-c3cc(-c4ccccc4)nc(-c4cccc(-c5cc(-c6ccc(-c7ccccc7)cc6)nc(-c6ccccc6)n5)c4)n3)cccc21. The van der Waals surface area contributed by atoms with Crippen molar-refractivity contribution >= 4 is 11.8 Å². The number of nitrogens with zero attached hydrogens (tertiary/aromatic N) is 4. The predicted octanol–water partition coefficient (Wildman–Crippen LogP) is 13.7. The van der Waals surface area contributed by atoms with E-state index in [0.717, 1.165) is 61.7 Å². The van der Waals surface area contributed by atoms with Crippen LogP contribution in [0.15, 0.2) is 204 Å². The van der Waals surface area contributed by atoms with Crippen LogP contribution in [0.2, 0.25) is 0 Å². The van der Waals surface area contributed by atoms with E-state index in [-0.39, 0.29) is 5.41 Å². The molecule has 9 aromatic rings. The van der Waals surface area contributed by atoms with Crippen LogP contribution in [-0.4, -0.2) is 19.9 Å². The molecule has 0 saturated heterocycles. The van der Waals surface area contributed by atoms with Crippen LogP contribution in [0.4, 0.5) is 0 Å². The molecule has 1 aliphatic rings. The van der Waals surface area contributed by atoms with E-state index in [1.165, 1.54) is 26.5 Å². The fraction of sp³-hybridized carbons (Fsp3) is 0.0566. The zero-order valence-corrected chi connectivity index (χ0v) is 33.0. The van der Waals surface area contributed by atoms with Crippen molar-refractivity contribution < 1.29 is 0 Å². The number of aromatic nitrogens is 4. The van der Waals surface area contributed by atoms with Crippen molar-refractivity contribution in [2.45, 2.75) is 29.1 Å². The van der Waals surface area contributed by atoms with Crippen LogP contribution in [-0.2, 0) is 5.41 Å². The second-order valence-electron chi connectivity index (χ2n) is 15.1. The molecule has 0 atom stereocenters. The maximum atomic E-state index is 5.35. The second kappa shape index (κ2) is 14.8. The van der Waals surface area contributed by atoms with Crippen LogP contribution < -0.4 is 0 Å². The molecule has 276 valence electrons. The van der Waals surface area contributed by atoms with E-state index in [9.17, 15) is 0 Å². The average Bonchev–Trinajstić information content (AvgIpc) is 3.29. The first-order valence-electron chi connectivity index (χ1n) is 19.5. The molecule has 0 N–H and O–H groups in total. The van der Waals surface area contributed by atoms with Crippen molar-refractivity contribution in [3.8, 4) is 78.9 Å². The molecule has 0 spiro atoms. The lowest BCUT2D eigenvalue weighted by Gasteiger charge is -2.35. The lowest BCUT2D eigenvalue weighted by Crippen LogP contribution is -2.24. The molecule has 58 heavy (non-hydrogen) atoms. The summed E-state index contributed by atoms with van der Waals surface area (Å²) in [5, 5.41) is 0. The largest absolute Gasteiger partial charge is 0.228 e. The fourth-order valence-corrected chi connectivity index (χ4v) is 9.40. The summed E-state index contributed by atoms with van der Waals surface area (Å²) in [7, 11) is 0. The van der Waals surface area contributed by atoms with Gasteiger partial charge in [0.25, 0.3) is 0 Å². The Morgan fingerprint density at radius 1 is 0.345 bits per heavy atom. The number of benzene rings is 7. The second-order valence-corrected chi connectivity index (χ2v) is 16.1. The van der Waals surface area contributed by atoms with Crippen molar-refractivity contribution in [3.63, 3.8) is 0 Å². The quantitative estimate of drug-likeness (QED) is 0.162. The van der Waals surface area contributed by atoms with Gasteiger partial charge in [0.2, 0.25) is 0 Å². The zero-order chi connectivity index (χ0) is 39.1. The van der Waals surface area contributed by atoms with Crippen LogP contribution in [0.25, 0.3) is 78.9 Å². The molecule has 3 heterocycles. The van der Waals surface area contributed by atoms with Crippen LogP contribution >= 0.6 is 11.8 Å². The van der Waals surface area contributed by atoms with Crippen LogP contribution in [0.1, 0.15) is 25.0 Å². The molecule has 1 aliphatic heterocycles. The van der Waals surface area contributed by atoms with Crippen molar-refractivity contribution in [2.24, 2.45) is 0 Å². The molecule has 5 heteroatoms. The van der Waals surface area contributed by atoms with E-state index < -0.39 is 0 Å². The van der Waals surface area contributed by atoms with E-state index in [1.807, 2.05) is 42.1 Å². The highest BCUT2D eigenvalue weighted by atomic mass is 32.2. The Morgan fingerprint density at radius 2 is 0.793 bits per heavy atom. The van der Waals surface area contributed by atoms with Gasteiger partial charge in [-0.25, -0.2) is 19.9 Å². The summed E-state index contributed by atoms with van der Waals surface area (Å²) in [6.07, 6.45) is 0. The lowest BCUT2D eigenvalue weighted by molar-refractivity contribution is 0.608. The third-order valence-electron chi connectivity index (χ3n) is 11.0. The summed E-state index contributed by atoms with van der Waals surface area (Å²) in [5.41, 5.74) is 14.3. The first-order chi connectivity index (χ1) is 28.5. The highest BCUT2D eigenvalue weighted by Gasteiger charge is 2.34. The van der Waals surface area contributed by atoms with Gasteiger partial charge in [0, 0.05) is 48.6 Å². The van der Waals surface area contributed by atoms with Crippen molar-refractivity contribution in [2.75, 3.05) is 0 Å². The van der Waals surface area contributed by atoms with Gasteiger partial charge in [-0.3, -0.25) is 0 Å². The number of fused-ring (bicyclic) bond motifs is 2. The average molecular weight is 763 g/mol. The third kappa shape index (κ3) is 6.70. The molecule has 0 amide bonds. The van der Waals surface area contributed by atoms with Crippen LogP contribution in [0.5, 0.6) is 0 Å². The Bertz CT molecular complexity index is 2930. The highest BCUT2D eigenvalue weighted by molar-refractivity contribution is 7.99. The van der Waals surface area contributed by atoms with E-state index in [2.05, 4.69) is 178 Å². The van der Waals surface area contributed by atoms with Gasteiger partial charge in [-0.15, -0.1) is 0 Å². The summed E-state index contributed by atoms with van der Waals surface area (Å²) < 4.78 is 0. The Kier molecular flexibility index (Phi) is 9.08. The number of hydrogen-bond donors (Lipinski definition) is 0. The standard InChI is InChI=1S/C53H38N4S/c1-53(2)43-25-12-13-27-49(43)58-50-42(24-15-26-44(50)53)48-34-46(37-18-8-4-9-19-37)55-52(57-48)41-23-14-22-40(32-41)47-33-45(54-51(56-47)39-20-10-5-11-21-39)38-30-28-36(29-31-38)35-16-6-3-7-17-35/h3-34H,1-2H3. The number of rotatable bonds is 7. The van der Waals surface area contributed by atoms with Crippen molar-refractivity contribution in [1.82, 2.24) is 19.9 Å². The molecule has 0 saturated carbocycles. The monoisotopic (exact) mass is 762 g/mol. The van der Waals surface area contributed by atoms with Crippen LogP contribution in [0, 0.1) is 0 Å². The fourth-order valence-electron chi connectivity index (χ4n) is 7.88. The summed E-state index contributed by atoms with van der Waals surface area (Å²) in [5.74, 6) is 1.33. The van der Waals surface area contributed by atoms with Gasteiger partial charge in [0.1, 0.15) is 0 Å².